The van der Waals surface area contributed by atoms with Crippen LogP contribution in [0.2, 0.25) is 0 Å². The van der Waals surface area contributed by atoms with E-state index in [0.717, 1.165) is 17.1 Å². The monoisotopic (exact) mass is 649 g/mol. The van der Waals surface area contributed by atoms with Gasteiger partial charge < -0.3 is 4.90 Å². The molecule has 0 aliphatic rings. The van der Waals surface area contributed by atoms with E-state index >= 15 is 0 Å². The van der Waals surface area contributed by atoms with E-state index in [1.165, 1.54) is 66.1 Å². The molecule has 0 heterocycles. The second kappa shape index (κ2) is 13.3. The topological polar surface area (TPSA) is 3.24 Å². The Morgan fingerprint density at radius 3 is 1.63 bits per heavy atom. The van der Waals surface area contributed by atoms with Crippen molar-refractivity contribution in [3.8, 4) is 44.5 Å². The Hall–Kier alpha value is -6.70. The van der Waals surface area contributed by atoms with Crippen molar-refractivity contribution in [2.75, 3.05) is 4.90 Å². The summed E-state index contributed by atoms with van der Waals surface area (Å²) in [7, 11) is 0. The minimum atomic E-state index is 1.09. The van der Waals surface area contributed by atoms with Gasteiger partial charge in [-0.3, -0.25) is 0 Å². The lowest BCUT2D eigenvalue weighted by molar-refractivity contribution is 1.28. The maximum Gasteiger partial charge on any atom is 0.0546 e. The third kappa shape index (κ3) is 5.96. The van der Waals surface area contributed by atoms with Gasteiger partial charge in [0.2, 0.25) is 0 Å². The number of hydrogen-bond acceptors (Lipinski definition) is 1. The Balaban J connectivity index is 1.25. The highest BCUT2D eigenvalue weighted by atomic mass is 15.1. The van der Waals surface area contributed by atoms with Crippen molar-refractivity contribution < 1.29 is 0 Å². The molecule has 0 radical (unpaired) electrons. The Morgan fingerprint density at radius 1 is 0.255 bits per heavy atom. The molecule has 240 valence electrons. The van der Waals surface area contributed by atoms with Gasteiger partial charge in [0.15, 0.2) is 0 Å². The number of rotatable bonds is 7. The molecule has 0 saturated carbocycles. The van der Waals surface area contributed by atoms with E-state index in [9.17, 15) is 0 Å². The molecule has 9 aromatic rings. The van der Waals surface area contributed by atoms with E-state index in [2.05, 4.69) is 217 Å². The van der Waals surface area contributed by atoms with Gasteiger partial charge in [-0.05, 0) is 96.9 Å². The fraction of sp³-hybridized carbons (Fsp3) is 0. The third-order valence-corrected chi connectivity index (χ3v) is 9.84. The zero-order chi connectivity index (χ0) is 34.0. The highest BCUT2D eigenvalue weighted by molar-refractivity contribution is 5.99. The maximum absolute atomic E-state index is 2.42. The molecule has 0 unspecified atom stereocenters. The van der Waals surface area contributed by atoms with E-state index in [1.807, 2.05) is 0 Å². The maximum atomic E-state index is 2.42. The zero-order valence-corrected chi connectivity index (χ0v) is 28.2. The molecule has 0 N–H and O–H groups in total. The molecular formula is C50H35N. The van der Waals surface area contributed by atoms with Gasteiger partial charge in [-0.15, -0.1) is 0 Å². The summed E-state index contributed by atoms with van der Waals surface area (Å²) < 4.78 is 0. The first kappa shape index (κ1) is 30.4. The minimum Gasteiger partial charge on any atom is -0.310 e. The largest absolute Gasteiger partial charge is 0.310 e. The summed E-state index contributed by atoms with van der Waals surface area (Å²) in [5.41, 5.74) is 12.8. The van der Waals surface area contributed by atoms with Crippen molar-refractivity contribution in [3.63, 3.8) is 0 Å². The fourth-order valence-corrected chi connectivity index (χ4v) is 7.28. The first-order valence-electron chi connectivity index (χ1n) is 17.5. The molecule has 0 atom stereocenters. The Bertz CT molecular complexity index is 2620. The number of anilines is 3. The Kier molecular flexibility index (Phi) is 7.92. The van der Waals surface area contributed by atoms with Gasteiger partial charge in [-0.25, -0.2) is 0 Å². The lowest BCUT2D eigenvalue weighted by atomic mass is 9.94. The lowest BCUT2D eigenvalue weighted by Gasteiger charge is -2.29. The summed E-state index contributed by atoms with van der Waals surface area (Å²) in [6.45, 7) is 0. The molecule has 0 spiro atoms. The van der Waals surface area contributed by atoms with Crippen LogP contribution >= 0.6 is 0 Å². The van der Waals surface area contributed by atoms with E-state index in [-0.39, 0.29) is 0 Å². The summed E-state index contributed by atoms with van der Waals surface area (Å²) >= 11 is 0. The predicted octanol–water partition coefficient (Wildman–Crippen LogP) is 14.1. The third-order valence-electron chi connectivity index (χ3n) is 9.84. The molecule has 0 fully saturated rings. The van der Waals surface area contributed by atoms with E-state index in [0.29, 0.717) is 0 Å². The number of hydrogen-bond donors (Lipinski definition) is 0. The van der Waals surface area contributed by atoms with Gasteiger partial charge in [0.05, 0.1) is 5.69 Å². The highest BCUT2D eigenvalue weighted by Crippen LogP contribution is 2.45. The number of benzene rings is 9. The van der Waals surface area contributed by atoms with Gasteiger partial charge in [-0.2, -0.15) is 0 Å². The van der Waals surface area contributed by atoms with E-state index < -0.39 is 0 Å². The molecule has 0 bridgehead atoms. The van der Waals surface area contributed by atoms with Crippen molar-refractivity contribution >= 4 is 38.6 Å². The van der Waals surface area contributed by atoms with Crippen molar-refractivity contribution in [1.29, 1.82) is 0 Å². The second-order valence-corrected chi connectivity index (χ2v) is 13.0. The van der Waals surface area contributed by atoms with Crippen LogP contribution < -0.4 is 4.90 Å². The van der Waals surface area contributed by atoms with E-state index in [1.54, 1.807) is 0 Å². The Morgan fingerprint density at radius 2 is 0.824 bits per heavy atom. The van der Waals surface area contributed by atoms with Crippen molar-refractivity contribution in [2.24, 2.45) is 0 Å². The van der Waals surface area contributed by atoms with Crippen molar-refractivity contribution in [2.45, 2.75) is 0 Å². The van der Waals surface area contributed by atoms with Crippen LogP contribution in [0.25, 0.3) is 66.1 Å². The summed E-state index contributed by atoms with van der Waals surface area (Å²) in [6.07, 6.45) is 0. The number of nitrogens with zero attached hydrogens (tertiary/aromatic N) is 1. The molecule has 0 aromatic heterocycles. The fourth-order valence-electron chi connectivity index (χ4n) is 7.28. The van der Waals surface area contributed by atoms with Gasteiger partial charge >= 0.3 is 0 Å². The molecule has 51 heavy (non-hydrogen) atoms. The normalized spacial score (nSPS) is 11.1. The average molecular weight is 650 g/mol. The molecule has 0 aliphatic heterocycles. The van der Waals surface area contributed by atoms with Crippen molar-refractivity contribution in [3.05, 3.63) is 212 Å². The van der Waals surface area contributed by atoms with Gasteiger partial charge in [0.25, 0.3) is 0 Å². The molecule has 0 aliphatic carbocycles. The standard InChI is InChI=1S/C50H35N/c1-3-13-36(14-4-1)42-21-11-22-46(34-42)51(45-30-27-38(28-31-45)43-26-25-37-15-7-8-19-41(37)33-43)50-35-44(29-32-49(50)40-16-5-2-6-17-40)48-24-12-20-39-18-9-10-23-47(39)48/h1-35H. The summed E-state index contributed by atoms with van der Waals surface area (Å²) in [6, 6.07) is 76.8. The smallest absolute Gasteiger partial charge is 0.0546 e. The first-order valence-corrected chi connectivity index (χ1v) is 17.5. The van der Waals surface area contributed by atoms with Gasteiger partial charge in [-0.1, -0.05) is 176 Å². The van der Waals surface area contributed by atoms with Crippen LogP contribution in [0, 0.1) is 0 Å². The predicted molar refractivity (Wildman–Crippen MR) is 218 cm³/mol. The zero-order valence-electron chi connectivity index (χ0n) is 28.2. The molecule has 9 rings (SSSR count). The quantitative estimate of drug-likeness (QED) is 0.166. The number of fused-ring (bicyclic) bond motifs is 2. The van der Waals surface area contributed by atoms with E-state index in [4.69, 9.17) is 0 Å². The molecule has 0 saturated heterocycles. The first-order chi connectivity index (χ1) is 25.3. The highest BCUT2D eigenvalue weighted by Gasteiger charge is 2.20. The lowest BCUT2D eigenvalue weighted by Crippen LogP contribution is -2.11. The SMILES string of the molecule is c1ccc(-c2cccc(N(c3ccc(-c4ccc5ccccc5c4)cc3)c3cc(-c4cccc5ccccc45)ccc3-c3ccccc3)c2)cc1. The molecule has 1 nitrogen and oxygen atoms in total. The molecule has 1 heteroatoms. The summed E-state index contributed by atoms with van der Waals surface area (Å²) in [5, 5.41) is 4.98. The second-order valence-electron chi connectivity index (χ2n) is 13.0. The van der Waals surface area contributed by atoms with Gasteiger partial charge in [0.1, 0.15) is 0 Å². The molecule has 9 aromatic carbocycles. The summed E-state index contributed by atoms with van der Waals surface area (Å²) in [5.74, 6) is 0. The summed E-state index contributed by atoms with van der Waals surface area (Å²) in [4.78, 5) is 2.42. The van der Waals surface area contributed by atoms with Crippen molar-refractivity contribution in [1.82, 2.24) is 0 Å². The molecular weight excluding hydrogens is 615 g/mol. The minimum absolute atomic E-state index is 1.09. The van der Waals surface area contributed by atoms with Crippen LogP contribution in [0.4, 0.5) is 17.1 Å². The average Bonchev–Trinajstić information content (AvgIpc) is 3.21. The molecule has 0 amide bonds. The van der Waals surface area contributed by atoms with Crippen LogP contribution in [0.1, 0.15) is 0 Å². The van der Waals surface area contributed by atoms with Crippen LogP contribution in [0.3, 0.4) is 0 Å². The van der Waals surface area contributed by atoms with Crippen LogP contribution in [-0.2, 0) is 0 Å². The van der Waals surface area contributed by atoms with Crippen LogP contribution in [0.15, 0.2) is 212 Å². The van der Waals surface area contributed by atoms with Crippen LogP contribution in [-0.4, -0.2) is 0 Å². The van der Waals surface area contributed by atoms with Gasteiger partial charge in [0, 0.05) is 16.9 Å². The Labute approximate surface area is 299 Å². The van der Waals surface area contributed by atoms with Crippen LogP contribution in [0.5, 0.6) is 0 Å².